The number of nitrogens with one attached hydrogen (secondary N) is 1. The van der Waals surface area contributed by atoms with Crippen molar-refractivity contribution < 1.29 is 4.39 Å². The third-order valence-electron chi connectivity index (χ3n) is 4.63. The van der Waals surface area contributed by atoms with Gasteiger partial charge in [-0.3, -0.25) is 4.90 Å². The van der Waals surface area contributed by atoms with E-state index in [0.29, 0.717) is 0 Å². The smallest absolute Gasteiger partial charge is 0.152 e. The second kappa shape index (κ2) is 7.23. The molecule has 0 saturated carbocycles. The highest BCUT2D eigenvalue weighted by Crippen LogP contribution is 2.29. The Bertz CT molecular complexity index is 867. The molecule has 3 aromatic rings. The number of rotatable bonds is 3. The van der Waals surface area contributed by atoms with Gasteiger partial charge in [0, 0.05) is 31.4 Å². The van der Waals surface area contributed by atoms with Crippen molar-refractivity contribution in [3.8, 4) is 11.3 Å². The summed E-state index contributed by atoms with van der Waals surface area (Å²) in [4.78, 5) is 7.31. The molecule has 1 aliphatic heterocycles. The lowest BCUT2D eigenvalue weighted by Crippen LogP contribution is -2.28. The monoisotopic (exact) mass is 402 g/mol. The summed E-state index contributed by atoms with van der Waals surface area (Å²) in [5.41, 5.74) is 3.90. The SMILES string of the molecule is Fc1ccc(-c2nc3c(Br)cccn3c2CN2CCCNCC2)cc1. The topological polar surface area (TPSA) is 32.6 Å². The van der Waals surface area contributed by atoms with Gasteiger partial charge >= 0.3 is 0 Å². The van der Waals surface area contributed by atoms with Crippen LogP contribution in [0.3, 0.4) is 0 Å². The van der Waals surface area contributed by atoms with Gasteiger partial charge in [-0.05, 0) is 71.8 Å². The maximum absolute atomic E-state index is 13.3. The average molecular weight is 403 g/mol. The molecule has 1 aromatic carbocycles. The molecule has 0 amide bonds. The van der Waals surface area contributed by atoms with Gasteiger partial charge in [0.15, 0.2) is 5.65 Å². The number of benzene rings is 1. The molecule has 1 N–H and O–H groups in total. The molecule has 130 valence electrons. The molecule has 1 aliphatic rings. The Morgan fingerprint density at radius 3 is 2.80 bits per heavy atom. The first kappa shape index (κ1) is 16.7. The average Bonchev–Trinajstić information content (AvgIpc) is 2.79. The number of imidazole rings is 1. The molecule has 1 fully saturated rings. The molecule has 6 heteroatoms. The van der Waals surface area contributed by atoms with E-state index in [0.717, 1.165) is 66.2 Å². The van der Waals surface area contributed by atoms with E-state index in [4.69, 9.17) is 4.98 Å². The number of aromatic nitrogens is 2. The Balaban J connectivity index is 1.80. The second-order valence-corrected chi connectivity index (χ2v) is 7.20. The fourth-order valence-electron chi connectivity index (χ4n) is 3.34. The summed E-state index contributed by atoms with van der Waals surface area (Å²) in [7, 11) is 0. The highest BCUT2D eigenvalue weighted by Gasteiger charge is 2.19. The van der Waals surface area contributed by atoms with E-state index in [-0.39, 0.29) is 5.82 Å². The fraction of sp³-hybridized carbons (Fsp3) is 0.316. The van der Waals surface area contributed by atoms with Crippen molar-refractivity contribution in [1.82, 2.24) is 19.6 Å². The van der Waals surface area contributed by atoms with Crippen molar-refractivity contribution in [2.75, 3.05) is 26.2 Å². The fourth-order valence-corrected chi connectivity index (χ4v) is 3.78. The number of nitrogens with zero attached hydrogens (tertiary/aromatic N) is 3. The number of halogens is 2. The zero-order valence-corrected chi connectivity index (χ0v) is 15.5. The van der Waals surface area contributed by atoms with Crippen LogP contribution < -0.4 is 5.32 Å². The number of hydrogen-bond donors (Lipinski definition) is 1. The molecule has 0 unspecified atom stereocenters. The first-order valence-electron chi connectivity index (χ1n) is 8.57. The zero-order chi connectivity index (χ0) is 17.2. The van der Waals surface area contributed by atoms with Crippen molar-refractivity contribution in [2.45, 2.75) is 13.0 Å². The van der Waals surface area contributed by atoms with E-state index in [2.05, 4.69) is 30.5 Å². The van der Waals surface area contributed by atoms with E-state index in [1.807, 2.05) is 18.3 Å². The van der Waals surface area contributed by atoms with Gasteiger partial charge in [0.1, 0.15) is 5.82 Å². The Kier molecular flexibility index (Phi) is 4.83. The molecule has 0 radical (unpaired) electrons. The predicted octanol–water partition coefficient (Wildman–Crippen LogP) is 3.70. The van der Waals surface area contributed by atoms with Crippen molar-refractivity contribution >= 4 is 21.6 Å². The highest BCUT2D eigenvalue weighted by atomic mass is 79.9. The van der Waals surface area contributed by atoms with Crippen LogP contribution in [0.1, 0.15) is 12.1 Å². The second-order valence-electron chi connectivity index (χ2n) is 6.34. The molecule has 4 nitrogen and oxygen atoms in total. The number of fused-ring (bicyclic) bond motifs is 1. The maximum atomic E-state index is 13.3. The minimum atomic E-state index is -0.228. The molecular weight excluding hydrogens is 383 g/mol. The predicted molar refractivity (Wildman–Crippen MR) is 101 cm³/mol. The van der Waals surface area contributed by atoms with Crippen LogP contribution in [0.4, 0.5) is 4.39 Å². The molecule has 4 rings (SSSR count). The van der Waals surface area contributed by atoms with Crippen LogP contribution in [0, 0.1) is 5.82 Å². The molecule has 0 spiro atoms. The summed E-state index contributed by atoms with van der Waals surface area (Å²) in [5, 5.41) is 3.44. The number of hydrogen-bond acceptors (Lipinski definition) is 3. The Morgan fingerprint density at radius 2 is 1.96 bits per heavy atom. The van der Waals surface area contributed by atoms with Gasteiger partial charge in [-0.25, -0.2) is 9.37 Å². The summed E-state index contributed by atoms with van der Waals surface area (Å²) in [6.45, 7) is 4.99. The molecule has 3 heterocycles. The lowest BCUT2D eigenvalue weighted by molar-refractivity contribution is 0.281. The Morgan fingerprint density at radius 1 is 1.12 bits per heavy atom. The van der Waals surface area contributed by atoms with Crippen LogP contribution in [-0.2, 0) is 6.54 Å². The van der Waals surface area contributed by atoms with E-state index in [1.54, 1.807) is 12.1 Å². The van der Waals surface area contributed by atoms with Crippen molar-refractivity contribution in [3.05, 3.63) is 58.6 Å². The largest absolute Gasteiger partial charge is 0.315 e. The van der Waals surface area contributed by atoms with Crippen LogP contribution in [0.2, 0.25) is 0 Å². The minimum absolute atomic E-state index is 0.228. The third-order valence-corrected chi connectivity index (χ3v) is 5.24. The number of pyridine rings is 1. The van der Waals surface area contributed by atoms with E-state index in [9.17, 15) is 4.39 Å². The van der Waals surface area contributed by atoms with Crippen LogP contribution in [0.15, 0.2) is 47.1 Å². The van der Waals surface area contributed by atoms with Crippen molar-refractivity contribution in [3.63, 3.8) is 0 Å². The van der Waals surface area contributed by atoms with Gasteiger partial charge in [-0.15, -0.1) is 0 Å². The summed E-state index contributed by atoms with van der Waals surface area (Å²) >= 11 is 3.60. The lowest BCUT2D eigenvalue weighted by atomic mass is 10.1. The van der Waals surface area contributed by atoms with Crippen molar-refractivity contribution in [2.24, 2.45) is 0 Å². The molecule has 1 saturated heterocycles. The van der Waals surface area contributed by atoms with Gasteiger partial charge in [-0.1, -0.05) is 0 Å². The van der Waals surface area contributed by atoms with E-state index in [1.165, 1.54) is 12.1 Å². The van der Waals surface area contributed by atoms with Crippen LogP contribution >= 0.6 is 15.9 Å². The Hall–Kier alpha value is -1.76. The van der Waals surface area contributed by atoms with Crippen molar-refractivity contribution in [1.29, 1.82) is 0 Å². The summed E-state index contributed by atoms with van der Waals surface area (Å²) < 4.78 is 16.4. The lowest BCUT2D eigenvalue weighted by Gasteiger charge is -2.20. The highest BCUT2D eigenvalue weighted by molar-refractivity contribution is 9.10. The molecule has 0 atom stereocenters. The molecule has 25 heavy (non-hydrogen) atoms. The molecular formula is C19H20BrFN4. The molecule has 0 bridgehead atoms. The summed E-state index contributed by atoms with van der Waals surface area (Å²) in [6, 6.07) is 10.6. The van der Waals surface area contributed by atoms with E-state index >= 15 is 0 Å². The molecule has 2 aromatic heterocycles. The normalized spacial score (nSPS) is 16.2. The van der Waals surface area contributed by atoms with Gasteiger partial charge in [0.05, 0.1) is 15.9 Å². The van der Waals surface area contributed by atoms with Gasteiger partial charge < -0.3 is 9.72 Å². The van der Waals surface area contributed by atoms with Gasteiger partial charge in [0.2, 0.25) is 0 Å². The first-order chi connectivity index (χ1) is 12.2. The van der Waals surface area contributed by atoms with Crippen LogP contribution in [-0.4, -0.2) is 40.5 Å². The van der Waals surface area contributed by atoms with E-state index < -0.39 is 0 Å². The standard InChI is InChI=1S/C19H20BrFN4/c20-16-3-1-11-25-17(13-24-10-2-8-22-9-12-24)18(23-19(16)25)14-4-6-15(21)7-5-14/h1,3-7,11,22H,2,8-10,12-13H2. The first-order valence-corrected chi connectivity index (χ1v) is 9.36. The molecule has 0 aliphatic carbocycles. The Labute approximate surface area is 154 Å². The van der Waals surface area contributed by atoms with Crippen LogP contribution in [0.25, 0.3) is 16.9 Å². The summed E-state index contributed by atoms with van der Waals surface area (Å²) in [6.07, 6.45) is 3.19. The van der Waals surface area contributed by atoms with Crippen LogP contribution in [0.5, 0.6) is 0 Å². The summed E-state index contributed by atoms with van der Waals surface area (Å²) in [5.74, 6) is -0.228. The maximum Gasteiger partial charge on any atom is 0.152 e. The third kappa shape index (κ3) is 3.47. The minimum Gasteiger partial charge on any atom is -0.315 e. The zero-order valence-electron chi connectivity index (χ0n) is 13.9. The van der Waals surface area contributed by atoms with Gasteiger partial charge in [0.25, 0.3) is 0 Å². The van der Waals surface area contributed by atoms with Gasteiger partial charge in [-0.2, -0.15) is 0 Å². The quantitative estimate of drug-likeness (QED) is 0.724.